The number of amides is 1. The van der Waals surface area contributed by atoms with Gasteiger partial charge in [-0.15, -0.1) is 0 Å². The Morgan fingerprint density at radius 2 is 1.83 bits per heavy atom. The van der Waals surface area contributed by atoms with Crippen LogP contribution in [-0.4, -0.2) is 55.0 Å². The number of likely N-dealkylation sites (N-methyl/N-ethyl adjacent to an activating group) is 1. The topological polar surface area (TPSA) is 49.6 Å². The summed E-state index contributed by atoms with van der Waals surface area (Å²) in [6, 6.07) is 0. The number of carbonyl (C=O) groups is 1. The maximum absolute atomic E-state index is 11.7. The molecule has 0 aromatic rings. The van der Waals surface area contributed by atoms with Crippen LogP contribution >= 0.6 is 0 Å². The van der Waals surface area contributed by atoms with Crippen LogP contribution in [0.2, 0.25) is 0 Å². The largest absolute Gasteiger partial charge is 0.349 e. The Morgan fingerprint density at radius 1 is 1.22 bits per heavy atom. The molecule has 0 heterocycles. The first kappa shape index (κ1) is 15.4. The van der Waals surface area contributed by atoms with Gasteiger partial charge < -0.3 is 10.6 Å². The molecule has 0 aromatic carbocycles. The van der Waals surface area contributed by atoms with Crippen molar-refractivity contribution in [3.05, 3.63) is 0 Å². The smallest absolute Gasteiger partial charge is 0.223 e. The third-order valence-electron chi connectivity index (χ3n) is 4.31. The molecule has 1 aliphatic carbocycles. The van der Waals surface area contributed by atoms with Crippen molar-refractivity contribution in [2.24, 2.45) is 5.73 Å². The number of nitrogens with zero attached hydrogens (tertiary/aromatic N) is 2. The van der Waals surface area contributed by atoms with Gasteiger partial charge in [-0.1, -0.05) is 26.2 Å². The first-order valence-corrected chi connectivity index (χ1v) is 7.21. The van der Waals surface area contributed by atoms with Crippen LogP contribution in [0.4, 0.5) is 0 Å². The summed E-state index contributed by atoms with van der Waals surface area (Å²) in [5.41, 5.74) is 6.20. The minimum Gasteiger partial charge on any atom is -0.349 e. The molecule has 0 bridgehead atoms. The van der Waals surface area contributed by atoms with Gasteiger partial charge in [0.25, 0.3) is 0 Å². The van der Waals surface area contributed by atoms with Gasteiger partial charge in [0.2, 0.25) is 5.91 Å². The lowest BCUT2D eigenvalue weighted by atomic mass is 9.80. The van der Waals surface area contributed by atoms with Crippen molar-refractivity contribution in [1.29, 1.82) is 0 Å². The van der Waals surface area contributed by atoms with E-state index < -0.39 is 0 Å². The molecule has 1 saturated carbocycles. The fraction of sp³-hybridized carbons (Fsp3) is 0.929. The van der Waals surface area contributed by atoms with E-state index in [0.717, 1.165) is 19.6 Å². The van der Waals surface area contributed by atoms with Gasteiger partial charge in [-0.05, 0) is 19.4 Å². The van der Waals surface area contributed by atoms with Crippen molar-refractivity contribution in [2.45, 2.75) is 51.0 Å². The van der Waals surface area contributed by atoms with Gasteiger partial charge in [0.05, 0.1) is 0 Å². The molecule has 1 rings (SSSR count). The summed E-state index contributed by atoms with van der Waals surface area (Å²) in [4.78, 5) is 15.8. The molecule has 0 atom stereocenters. The van der Waals surface area contributed by atoms with Gasteiger partial charge in [-0.3, -0.25) is 9.69 Å². The average molecular weight is 255 g/mol. The van der Waals surface area contributed by atoms with Crippen molar-refractivity contribution in [1.82, 2.24) is 9.80 Å². The molecule has 4 heteroatoms. The van der Waals surface area contributed by atoms with Crippen LogP contribution in [0.5, 0.6) is 0 Å². The Bertz CT molecular complexity index is 260. The molecule has 0 unspecified atom stereocenters. The summed E-state index contributed by atoms with van der Waals surface area (Å²) in [5.74, 6) is 0.205. The lowest BCUT2D eigenvalue weighted by Crippen LogP contribution is -2.55. The second kappa shape index (κ2) is 7.10. The highest BCUT2D eigenvalue weighted by molar-refractivity contribution is 5.75. The van der Waals surface area contributed by atoms with Crippen LogP contribution in [0.15, 0.2) is 0 Å². The molecule has 0 spiro atoms. The highest BCUT2D eigenvalue weighted by Crippen LogP contribution is 2.32. The molecule has 0 radical (unpaired) electrons. The highest BCUT2D eigenvalue weighted by atomic mass is 16.2. The fourth-order valence-corrected chi connectivity index (χ4v) is 3.04. The van der Waals surface area contributed by atoms with Gasteiger partial charge >= 0.3 is 0 Å². The quantitative estimate of drug-likeness (QED) is 0.781. The summed E-state index contributed by atoms with van der Waals surface area (Å²) < 4.78 is 0. The van der Waals surface area contributed by atoms with Gasteiger partial charge in [-0.25, -0.2) is 0 Å². The fourth-order valence-electron chi connectivity index (χ4n) is 3.04. The Labute approximate surface area is 111 Å². The molecule has 2 N–H and O–H groups in total. The van der Waals surface area contributed by atoms with Crippen LogP contribution in [0, 0.1) is 0 Å². The zero-order chi connectivity index (χ0) is 13.6. The van der Waals surface area contributed by atoms with Crippen LogP contribution in [0.25, 0.3) is 0 Å². The van der Waals surface area contributed by atoms with E-state index in [9.17, 15) is 4.79 Å². The predicted octanol–water partition coefficient (Wildman–Crippen LogP) is 1.45. The third kappa shape index (κ3) is 3.69. The first-order valence-electron chi connectivity index (χ1n) is 7.21. The van der Waals surface area contributed by atoms with Crippen molar-refractivity contribution in [3.63, 3.8) is 0 Å². The summed E-state index contributed by atoms with van der Waals surface area (Å²) in [6.07, 6.45) is 6.85. The number of hydrogen-bond acceptors (Lipinski definition) is 3. The summed E-state index contributed by atoms with van der Waals surface area (Å²) >= 11 is 0. The van der Waals surface area contributed by atoms with Gasteiger partial charge in [0, 0.05) is 39.1 Å². The Hall–Kier alpha value is -0.610. The lowest BCUT2D eigenvalue weighted by molar-refractivity contribution is -0.129. The van der Waals surface area contributed by atoms with Crippen LogP contribution in [-0.2, 0) is 4.79 Å². The Kier molecular flexibility index (Phi) is 6.09. The normalized spacial score (nSPS) is 18.9. The number of hydrogen-bond donors (Lipinski definition) is 1. The van der Waals surface area contributed by atoms with Gasteiger partial charge in [0.15, 0.2) is 0 Å². The van der Waals surface area contributed by atoms with E-state index in [4.69, 9.17) is 5.73 Å². The molecule has 0 aromatic heterocycles. The van der Waals surface area contributed by atoms with E-state index in [1.165, 1.54) is 32.1 Å². The minimum atomic E-state index is 0.152. The molecule has 1 amide bonds. The minimum absolute atomic E-state index is 0.152. The molecule has 1 fully saturated rings. The molecule has 0 saturated heterocycles. The van der Waals surface area contributed by atoms with E-state index in [1.54, 1.807) is 4.90 Å². The molecule has 106 valence electrons. The van der Waals surface area contributed by atoms with E-state index in [1.807, 2.05) is 14.1 Å². The van der Waals surface area contributed by atoms with Crippen molar-refractivity contribution < 1.29 is 4.79 Å². The number of nitrogens with two attached hydrogens (primary N) is 1. The van der Waals surface area contributed by atoms with Crippen LogP contribution < -0.4 is 5.73 Å². The van der Waals surface area contributed by atoms with Crippen LogP contribution in [0.1, 0.15) is 45.4 Å². The van der Waals surface area contributed by atoms with Crippen molar-refractivity contribution >= 4 is 5.91 Å². The average Bonchev–Trinajstić information content (AvgIpc) is 2.40. The van der Waals surface area contributed by atoms with Crippen LogP contribution in [0.3, 0.4) is 0 Å². The zero-order valence-corrected chi connectivity index (χ0v) is 12.2. The third-order valence-corrected chi connectivity index (χ3v) is 4.31. The molecular weight excluding hydrogens is 226 g/mol. The second-order valence-corrected chi connectivity index (χ2v) is 5.61. The predicted molar refractivity (Wildman–Crippen MR) is 75.4 cm³/mol. The number of rotatable bonds is 6. The van der Waals surface area contributed by atoms with Gasteiger partial charge in [-0.2, -0.15) is 0 Å². The van der Waals surface area contributed by atoms with Crippen molar-refractivity contribution in [2.75, 3.05) is 33.7 Å². The number of carbonyl (C=O) groups excluding carboxylic acids is 1. The monoisotopic (exact) mass is 255 g/mol. The molecule has 0 aliphatic heterocycles. The first-order chi connectivity index (χ1) is 8.55. The Morgan fingerprint density at radius 3 is 2.28 bits per heavy atom. The van der Waals surface area contributed by atoms with E-state index in [2.05, 4.69) is 11.8 Å². The SMILES string of the molecule is CCN(CCC(=O)N(C)C)C1(CN)CCCCC1. The molecular formula is C14H29N3O. The van der Waals surface area contributed by atoms with E-state index >= 15 is 0 Å². The maximum Gasteiger partial charge on any atom is 0.223 e. The van der Waals surface area contributed by atoms with Gasteiger partial charge in [0.1, 0.15) is 0 Å². The second-order valence-electron chi connectivity index (χ2n) is 5.61. The standard InChI is InChI=1S/C14H29N3O/c1-4-17(11-8-13(18)16(2)3)14(12-15)9-6-5-7-10-14/h4-12,15H2,1-3H3. The summed E-state index contributed by atoms with van der Waals surface area (Å²) in [6.45, 7) is 4.71. The molecule has 18 heavy (non-hydrogen) atoms. The zero-order valence-electron chi connectivity index (χ0n) is 12.2. The van der Waals surface area contributed by atoms with E-state index in [0.29, 0.717) is 6.42 Å². The summed E-state index contributed by atoms with van der Waals surface area (Å²) in [7, 11) is 3.63. The lowest BCUT2D eigenvalue weighted by Gasteiger charge is -2.45. The highest BCUT2D eigenvalue weighted by Gasteiger charge is 2.35. The summed E-state index contributed by atoms with van der Waals surface area (Å²) in [5, 5.41) is 0. The van der Waals surface area contributed by atoms with E-state index in [-0.39, 0.29) is 11.4 Å². The molecule has 4 nitrogen and oxygen atoms in total. The maximum atomic E-state index is 11.7. The molecule has 1 aliphatic rings. The Balaban J connectivity index is 2.59. The van der Waals surface area contributed by atoms with Crippen molar-refractivity contribution in [3.8, 4) is 0 Å².